The Morgan fingerprint density at radius 1 is 1.30 bits per heavy atom. The average Bonchev–Trinajstić information content (AvgIpc) is 2.47. The van der Waals surface area contributed by atoms with E-state index in [1.54, 1.807) is 0 Å². The second-order valence-corrected chi connectivity index (χ2v) is 5.34. The van der Waals surface area contributed by atoms with Crippen LogP contribution in [-0.2, 0) is 11.3 Å². The van der Waals surface area contributed by atoms with Crippen molar-refractivity contribution in [2.24, 2.45) is 0 Å². The zero-order valence-electron chi connectivity index (χ0n) is 13.0. The van der Waals surface area contributed by atoms with Crippen molar-refractivity contribution in [1.29, 1.82) is 0 Å². The molecule has 1 aliphatic heterocycles. The van der Waals surface area contributed by atoms with Crippen LogP contribution < -0.4 is 10.2 Å². The minimum Gasteiger partial charge on any atom is -0.378 e. The summed E-state index contributed by atoms with van der Waals surface area (Å²) in [4.78, 5) is 7.14. The monoisotopic (exact) mass is 277 g/mol. The molecule has 1 aromatic heterocycles. The Kier molecular flexibility index (Phi) is 5.80. The molecule has 0 saturated carbocycles. The average molecular weight is 277 g/mol. The van der Waals surface area contributed by atoms with E-state index in [2.05, 4.69) is 43.1 Å². The van der Waals surface area contributed by atoms with Crippen LogP contribution in [0.15, 0.2) is 12.1 Å². The van der Waals surface area contributed by atoms with Crippen LogP contribution in [0.4, 0.5) is 5.82 Å². The molecule has 112 valence electrons. The summed E-state index contributed by atoms with van der Waals surface area (Å²) in [6, 6.07) is 4.36. The standard InChI is InChI=1S/C16H27N3O/c1-4-17-12-14-6-7-16(18-13(14)3)19-10-8-15(9-11-19)20-5-2/h6-7,15,17H,4-5,8-12H2,1-3H3. The Labute approximate surface area is 122 Å². The molecule has 1 N–H and O–H groups in total. The molecule has 0 spiro atoms. The number of nitrogens with one attached hydrogen (secondary N) is 1. The van der Waals surface area contributed by atoms with Crippen molar-refractivity contribution in [1.82, 2.24) is 10.3 Å². The van der Waals surface area contributed by atoms with E-state index in [1.807, 2.05) is 0 Å². The Hall–Kier alpha value is -1.13. The molecule has 1 fully saturated rings. The lowest BCUT2D eigenvalue weighted by atomic mass is 10.1. The molecule has 0 radical (unpaired) electrons. The number of hydrogen-bond acceptors (Lipinski definition) is 4. The second kappa shape index (κ2) is 7.60. The van der Waals surface area contributed by atoms with Crippen LogP contribution in [-0.4, -0.2) is 37.3 Å². The molecule has 0 atom stereocenters. The maximum Gasteiger partial charge on any atom is 0.128 e. The van der Waals surface area contributed by atoms with Gasteiger partial charge < -0.3 is 15.0 Å². The minimum atomic E-state index is 0.436. The lowest BCUT2D eigenvalue weighted by Crippen LogP contribution is -2.37. The lowest BCUT2D eigenvalue weighted by Gasteiger charge is -2.32. The number of aryl methyl sites for hydroxylation is 1. The van der Waals surface area contributed by atoms with Gasteiger partial charge in [-0.05, 0) is 44.9 Å². The van der Waals surface area contributed by atoms with E-state index < -0.39 is 0 Å². The van der Waals surface area contributed by atoms with E-state index in [-0.39, 0.29) is 0 Å². The van der Waals surface area contributed by atoms with Crippen LogP contribution in [0.3, 0.4) is 0 Å². The quantitative estimate of drug-likeness (QED) is 0.867. The summed E-state index contributed by atoms with van der Waals surface area (Å²) in [6.45, 7) is 11.1. The molecule has 0 amide bonds. The van der Waals surface area contributed by atoms with Crippen molar-refractivity contribution < 1.29 is 4.74 Å². The predicted molar refractivity (Wildman–Crippen MR) is 83.2 cm³/mol. The highest BCUT2D eigenvalue weighted by Crippen LogP contribution is 2.21. The van der Waals surface area contributed by atoms with Crippen LogP contribution in [0.1, 0.15) is 37.9 Å². The molecule has 0 bridgehead atoms. The molecule has 1 aromatic rings. The fourth-order valence-electron chi connectivity index (χ4n) is 2.69. The van der Waals surface area contributed by atoms with Gasteiger partial charge in [0.15, 0.2) is 0 Å². The number of rotatable bonds is 6. The first-order chi connectivity index (χ1) is 9.74. The van der Waals surface area contributed by atoms with Crippen LogP contribution in [0, 0.1) is 6.92 Å². The molecule has 20 heavy (non-hydrogen) atoms. The Bertz CT molecular complexity index is 414. The number of anilines is 1. The van der Waals surface area contributed by atoms with Crippen molar-refractivity contribution in [3.05, 3.63) is 23.4 Å². The highest BCUT2D eigenvalue weighted by molar-refractivity contribution is 5.42. The van der Waals surface area contributed by atoms with Gasteiger partial charge in [-0.3, -0.25) is 0 Å². The van der Waals surface area contributed by atoms with Gasteiger partial charge in [0.05, 0.1) is 6.10 Å². The van der Waals surface area contributed by atoms with Crippen molar-refractivity contribution in [2.45, 2.75) is 46.3 Å². The number of aromatic nitrogens is 1. The molecule has 0 aromatic carbocycles. The fraction of sp³-hybridized carbons (Fsp3) is 0.688. The molecule has 4 heteroatoms. The second-order valence-electron chi connectivity index (χ2n) is 5.34. The van der Waals surface area contributed by atoms with Crippen LogP contribution in [0.5, 0.6) is 0 Å². The predicted octanol–water partition coefficient (Wildman–Crippen LogP) is 2.50. The van der Waals surface area contributed by atoms with Crippen LogP contribution in [0.25, 0.3) is 0 Å². The summed E-state index contributed by atoms with van der Waals surface area (Å²) < 4.78 is 5.70. The molecule has 2 heterocycles. The molecular formula is C16H27N3O. The first kappa shape index (κ1) is 15.3. The minimum absolute atomic E-state index is 0.436. The van der Waals surface area contributed by atoms with Crippen molar-refractivity contribution in [3.63, 3.8) is 0 Å². The van der Waals surface area contributed by atoms with Crippen LogP contribution in [0.2, 0.25) is 0 Å². The number of pyridine rings is 1. The third kappa shape index (κ3) is 3.93. The fourth-order valence-corrected chi connectivity index (χ4v) is 2.69. The van der Waals surface area contributed by atoms with Gasteiger partial charge in [0.2, 0.25) is 0 Å². The largest absolute Gasteiger partial charge is 0.378 e. The van der Waals surface area contributed by atoms with E-state index in [0.717, 1.165) is 57.1 Å². The lowest BCUT2D eigenvalue weighted by molar-refractivity contribution is 0.0458. The smallest absolute Gasteiger partial charge is 0.128 e. The summed E-state index contributed by atoms with van der Waals surface area (Å²) in [5.74, 6) is 1.11. The maximum atomic E-state index is 5.70. The molecule has 1 saturated heterocycles. The zero-order chi connectivity index (χ0) is 14.4. The summed E-state index contributed by atoms with van der Waals surface area (Å²) in [6.07, 6.45) is 2.65. The van der Waals surface area contributed by atoms with Gasteiger partial charge in [0.25, 0.3) is 0 Å². The van der Waals surface area contributed by atoms with Crippen LogP contribution >= 0.6 is 0 Å². The highest BCUT2D eigenvalue weighted by Gasteiger charge is 2.20. The first-order valence-electron chi connectivity index (χ1n) is 7.78. The van der Waals surface area contributed by atoms with Gasteiger partial charge in [-0.2, -0.15) is 0 Å². The topological polar surface area (TPSA) is 37.4 Å². The van der Waals surface area contributed by atoms with Gasteiger partial charge in [0, 0.05) is 31.9 Å². The molecule has 2 rings (SSSR count). The number of ether oxygens (including phenoxy) is 1. The third-order valence-electron chi connectivity index (χ3n) is 3.91. The van der Waals surface area contributed by atoms with E-state index in [0.29, 0.717) is 6.10 Å². The zero-order valence-corrected chi connectivity index (χ0v) is 13.0. The van der Waals surface area contributed by atoms with Gasteiger partial charge in [-0.1, -0.05) is 13.0 Å². The highest BCUT2D eigenvalue weighted by atomic mass is 16.5. The third-order valence-corrected chi connectivity index (χ3v) is 3.91. The maximum absolute atomic E-state index is 5.70. The van der Waals surface area contributed by atoms with E-state index in [4.69, 9.17) is 9.72 Å². The molecular weight excluding hydrogens is 250 g/mol. The summed E-state index contributed by atoms with van der Waals surface area (Å²) in [5.41, 5.74) is 2.43. The molecule has 0 aliphatic carbocycles. The first-order valence-corrected chi connectivity index (χ1v) is 7.78. The van der Waals surface area contributed by atoms with Gasteiger partial charge in [-0.25, -0.2) is 4.98 Å². The number of piperidine rings is 1. The Morgan fingerprint density at radius 3 is 2.65 bits per heavy atom. The van der Waals surface area contributed by atoms with E-state index >= 15 is 0 Å². The Morgan fingerprint density at radius 2 is 2.05 bits per heavy atom. The molecule has 1 aliphatic rings. The molecule has 4 nitrogen and oxygen atoms in total. The summed E-state index contributed by atoms with van der Waals surface area (Å²) >= 11 is 0. The summed E-state index contributed by atoms with van der Waals surface area (Å²) in [5, 5.41) is 3.35. The molecule has 0 unspecified atom stereocenters. The number of nitrogens with zero attached hydrogens (tertiary/aromatic N) is 2. The van der Waals surface area contributed by atoms with Crippen molar-refractivity contribution in [3.8, 4) is 0 Å². The van der Waals surface area contributed by atoms with Gasteiger partial charge in [-0.15, -0.1) is 0 Å². The summed E-state index contributed by atoms with van der Waals surface area (Å²) in [7, 11) is 0. The van der Waals surface area contributed by atoms with E-state index in [9.17, 15) is 0 Å². The SMILES string of the molecule is CCNCc1ccc(N2CCC(OCC)CC2)nc1C. The number of hydrogen-bond donors (Lipinski definition) is 1. The van der Waals surface area contributed by atoms with Gasteiger partial charge in [0.1, 0.15) is 5.82 Å². The Balaban J connectivity index is 1.95. The van der Waals surface area contributed by atoms with Crippen molar-refractivity contribution >= 4 is 5.82 Å². The van der Waals surface area contributed by atoms with Gasteiger partial charge >= 0.3 is 0 Å². The normalized spacial score (nSPS) is 16.6. The van der Waals surface area contributed by atoms with E-state index in [1.165, 1.54) is 5.56 Å². The van der Waals surface area contributed by atoms with Crippen molar-refractivity contribution in [2.75, 3.05) is 31.1 Å².